The number of rotatable bonds is 10. The van der Waals surface area contributed by atoms with Crippen molar-refractivity contribution in [3.05, 3.63) is 48.2 Å². The molecule has 8 heteroatoms. The highest BCUT2D eigenvalue weighted by Crippen LogP contribution is 2.34. The van der Waals surface area contributed by atoms with E-state index in [1.807, 2.05) is 12.1 Å². The molecular formula is C22H28FN5O2. The van der Waals surface area contributed by atoms with Gasteiger partial charge in [0.1, 0.15) is 17.9 Å². The number of fused-ring (bicyclic) bond motifs is 1. The molecule has 7 nitrogen and oxygen atoms in total. The average molecular weight is 413 g/mol. The summed E-state index contributed by atoms with van der Waals surface area (Å²) in [5.41, 5.74) is 3.04. The number of benzene rings is 1. The van der Waals surface area contributed by atoms with Crippen molar-refractivity contribution in [2.75, 3.05) is 23.9 Å². The number of aryl methyl sites for hydroxylation is 1. The number of hydrogen-bond acceptors (Lipinski definition) is 6. The van der Waals surface area contributed by atoms with Crippen LogP contribution in [0.5, 0.6) is 0 Å². The lowest BCUT2D eigenvalue weighted by Crippen LogP contribution is -2.34. The van der Waals surface area contributed by atoms with Gasteiger partial charge >= 0.3 is 0 Å². The summed E-state index contributed by atoms with van der Waals surface area (Å²) >= 11 is 0. The van der Waals surface area contributed by atoms with E-state index >= 15 is 0 Å². The Morgan fingerprint density at radius 1 is 1.37 bits per heavy atom. The predicted octanol–water partition coefficient (Wildman–Crippen LogP) is 3.53. The Labute approximate surface area is 175 Å². The van der Waals surface area contributed by atoms with Gasteiger partial charge in [-0.05, 0) is 56.5 Å². The largest absolute Gasteiger partial charge is 0.385 e. The first-order chi connectivity index (χ1) is 14.6. The zero-order valence-electron chi connectivity index (χ0n) is 17.4. The van der Waals surface area contributed by atoms with Crippen LogP contribution in [0.3, 0.4) is 0 Å². The molecule has 4 rings (SSSR count). The summed E-state index contributed by atoms with van der Waals surface area (Å²) in [7, 11) is 1.68. The number of aliphatic hydroxyl groups is 1. The molecule has 0 bridgehead atoms. The van der Waals surface area contributed by atoms with Crippen LogP contribution in [0, 0.1) is 5.82 Å². The molecule has 3 aromatic rings. The van der Waals surface area contributed by atoms with Crippen molar-refractivity contribution in [2.45, 2.75) is 51.5 Å². The zero-order chi connectivity index (χ0) is 21.1. The monoisotopic (exact) mass is 413 g/mol. The SMILES string of the molecule is COCCCn1c(CN(c2cc(F)ccc2NC2CC2)C(C)O)nc2ncccc21. The molecule has 0 radical (unpaired) electrons. The van der Waals surface area contributed by atoms with Gasteiger partial charge in [0.2, 0.25) is 0 Å². The van der Waals surface area contributed by atoms with Gasteiger partial charge in [0.15, 0.2) is 5.65 Å². The van der Waals surface area contributed by atoms with Crippen LogP contribution in [0.25, 0.3) is 11.2 Å². The Morgan fingerprint density at radius 2 is 2.20 bits per heavy atom. The van der Waals surface area contributed by atoms with Crippen molar-refractivity contribution < 1.29 is 14.2 Å². The molecule has 1 aliphatic rings. The van der Waals surface area contributed by atoms with E-state index in [9.17, 15) is 9.50 Å². The summed E-state index contributed by atoms with van der Waals surface area (Å²) in [6.45, 7) is 3.36. The van der Waals surface area contributed by atoms with E-state index in [4.69, 9.17) is 9.72 Å². The minimum absolute atomic E-state index is 0.323. The third-order valence-corrected chi connectivity index (χ3v) is 5.30. The number of hydrogen-bond donors (Lipinski definition) is 2. The van der Waals surface area contributed by atoms with E-state index in [1.165, 1.54) is 12.1 Å². The summed E-state index contributed by atoms with van der Waals surface area (Å²) in [6.07, 6.45) is 3.92. The average Bonchev–Trinajstić information content (AvgIpc) is 3.48. The lowest BCUT2D eigenvalue weighted by atomic mass is 10.2. The highest BCUT2D eigenvalue weighted by Gasteiger charge is 2.25. The van der Waals surface area contributed by atoms with Gasteiger partial charge in [0.05, 0.1) is 23.4 Å². The molecule has 1 unspecified atom stereocenters. The molecule has 1 aromatic carbocycles. The predicted molar refractivity (Wildman–Crippen MR) is 115 cm³/mol. The highest BCUT2D eigenvalue weighted by atomic mass is 19.1. The first-order valence-corrected chi connectivity index (χ1v) is 10.4. The number of aliphatic hydroxyl groups excluding tert-OH is 1. The van der Waals surface area contributed by atoms with Crippen LogP contribution in [-0.2, 0) is 17.8 Å². The Bertz CT molecular complexity index is 1000. The van der Waals surface area contributed by atoms with E-state index < -0.39 is 6.23 Å². The first-order valence-electron chi connectivity index (χ1n) is 10.4. The van der Waals surface area contributed by atoms with Gasteiger partial charge in [-0.25, -0.2) is 14.4 Å². The van der Waals surface area contributed by atoms with Gasteiger partial charge in [0, 0.05) is 32.5 Å². The third kappa shape index (κ3) is 4.55. The summed E-state index contributed by atoms with van der Waals surface area (Å²) in [5.74, 6) is 0.426. The molecule has 1 fully saturated rings. The summed E-state index contributed by atoms with van der Waals surface area (Å²) in [5, 5.41) is 14.0. The van der Waals surface area contributed by atoms with Crippen molar-refractivity contribution in [3.63, 3.8) is 0 Å². The number of nitrogens with one attached hydrogen (secondary N) is 1. The molecule has 30 heavy (non-hydrogen) atoms. The Balaban J connectivity index is 1.69. The number of halogens is 1. The van der Waals surface area contributed by atoms with E-state index in [0.717, 1.165) is 42.8 Å². The maximum atomic E-state index is 14.1. The maximum Gasteiger partial charge on any atom is 0.177 e. The van der Waals surface area contributed by atoms with Crippen LogP contribution in [0.2, 0.25) is 0 Å². The van der Waals surface area contributed by atoms with Crippen molar-refractivity contribution in [1.82, 2.24) is 14.5 Å². The number of ether oxygens (including phenoxy) is 1. The molecule has 2 N–H and O–H groups in total. The van der Waals surface area contributed by atoms with Gasteiger partial charge < -0.3 is 24.6 Å². The smallest absolute Gasteiger partial charge is 0.177 e. The number of aromatic nitrogens is 3. The maximum absolute atomic E-state index is 14.1. The van der Waals surface area contributed by atoms with Crippen LogP contribution in [0.1, 0.15) is 32.0 Å². The molecule has 2 heterocycles. The minimum Gasteiger partial charge on any atom is -0.385 e. The van der Waals surface area contributed by atoms with Crippen molar-refractivity contribution in [1.29, 1.82) is 0 Å². The Morgan fingerprint density at radius 3 is 2.93 bits per heavy atom. The molecule has 0 aliphatic heterocycles. The Kier molecular flexibility index (Phi) is 6.15. The fourth-order valence-electron chi connectivity index (χ4n) is 3.63. The van der Waals surface area contributed by atoms with Gasteiger partial charge in [0.25, 0.3) is 0 Å². The molecule has 1 saturated carbocycles. The topological polar surface area (TPSA) is 75.4 Å². The zero-order valence-corrected chi connectivity index (χ0v) is 17.4. The van der Waals surface area contributed by atoms with E-state index in [0.29, 0.717) is 30.5 Å². The molecule has 160 valence electrons. The molecule has 1 aliphatic carbocycles. The second-order valence-electron chi connectivity index (χ2n) is 7.71. The van der Waals surface area contributed by atoms with Crippen LogP contribution in [-0.4, -0.2) is 45.6 Å². The molecule has 0 saturated heterocycles. The Hall–Kier alpha value is -2.71. The van der Waals surface area contributed by atoms with E-state index in [-0.39, 0.29) is 5.82 Å². The first kappa shape index (κ1) is 20.6. The minimum atomic E-state index is -0.827. The van der Waals surface area contributed by atoms with Crippen LogP contribution < -0.4 is 10.2 Å². The quantitative estimate of drug-likeness (QED) is 0.391. The summed E-state index contributed by atoms with van der Waals surface area (Å²) in [6, 6.07) is 8.93. The standard InChI is InChI=1S/C22H28FN5O2/c1-15(29)28(20-13-16(23)6-9-18(20)25-17-7-8-17)14-21-26-22-19(5-3-10-24-22)27(21)11-4-12-30-2/h3,5-6,9-10,13,15,17,25,29H,4,7-8,11-12,14H2,1-2H3. The number of anilines is 2. The second-order valence-corrected chi connectivity index (χ2v) is 7.71. The molecule has 0 amide bonds. The third-order valence-electron chi connectivity index (χ3n) is 5.30. The van der Waals surface area contributed by atoms with Gasteiger partial charge in [-0.1, -0.05) is 0 Å². The van der Waals surface area contributed by atoms with Gasteiger partial charge in [-0.15, -0.1) is 0 Å². The number of nitrogens with zero attached hydrogens (tertiary/aromatic N) is 4. The normalized spacial score (nSPS) is 14.8. The van der Waals surface area contributed by atoms with E-state index in [2.05, 4.69) is 14.9 Å². The molecule has 0 spiro atoms. The highest BCUT2D eigenvalue weighted by molar-refractivity contribution is 5.73. The van der Waals surface area contributed by atoms with Crippen molar-refractivity contribution in [3.8, 4) is 0 Å². The summed E-state index contributed by atoms with van der Waals surface area (Å²) in [4.78, 5) is 10.9. The van der Waals surface area contributed by atoms with Crippen LogP contribution in [0.15, 0.2) is 36.5 Å². The van der Waals surface area contributed by atoms with Crippen LogP contribution >= 0.6 is 0 Å². The number of imidazole rings is 1. The van der Waals surface area contributed by atoms with Crippen molar-refractivity contribution in [2.24, 2.45) is 0 Å². The molecule has 2 aromatic heterocycles. The fourth-order valence-corrected chi connectivity index (χ4v) is 3.63. The van der Waals surface area contributed by atoms with Crippen LogP contribution in [0.4, 0.5) is 15.8 Å². The van der Waals surface area contributed by atoms with Crippen molar-refractivity contribution >= 4 is 22.5 Å². The molecule has 1 atom stereocenters. The number of pyridine rings is 1. The lowest BCUT2D eigenvalue weighted by Gasteiger charge is -2.30. The van der Waals surface area contributed by atoms with Gasteiger partial charge in [-0.2, -0.15) is 0 Å². The molecular weight excluding hydrogens is 385 g/mol. The van der Waals surface area contributed by atoms with Gasteiger partial charge in [-0.3, -0.25) is 0 Å². The second kappa shape index (κ2) is 8.97. The van der Waals surface area contributed by atoms with E-state index in [1.54, 1.807) is 31.2 Å². The number of methoxy groups -OCH3 is 1. The summed E-state index contributed by atoms with van der Waals surface area (Å²) < 4.78 is 21.4. The fraction of sp³-hybridized carbons (Fsp3) is 0.455. The lowest BCUT2D eigenvalue weighted by molar-refractivity contribution is 0.184.